The zero-order valence-electron chi connectivity index (χ0n) is 18.1. The van der Waals surface area contributed by atoms with E-state index >= 15 is 0 Å². The minimum Gasteiger partial charge on any atom is -0.378 e. The Hall–Kier alpha value is -3.65. The van der Waals surface area contributed by atoms with Crippen LogP contribution in [0.5, 0.6) is 0 Å². The first-order valence-electron chi connectivity index (χ1n) is 10.6. The number of hydrogen-bond donors (Lipinski definition) is 1. The first-order valence-corrected chi connectivity index (χ1v) is 10.6. The summed E-state index contributed by atoms with van der Waals surface area (Å²) in [6.07, 6.45) is 3.62. The lowest BCUT2D eigenvalue weighted by Gasteiger charge is -2.28. The van der Waals surface area contributed by atoms with E-state index in [9.17, 15) is 9.59 Å². The summed E-state index contributed by atoms with van der Waals surface area (Å²) >= 11 is 0. The maximum Gasteiger partial charge on any atom is 0.254 e. The first-order chi connectivity index (χ1) is 15.6. The minimum atomic E-state index is -0.240. The molecule has 1 aromatic heterocycles. The molecule has 0 saturated carbocycles. The summed E-state index contributed by atoms with van der Waals surface area (Å²) in [5, 5.41) is 7.04. The summed E-state index contributed by atoms with van der Waals surface area (Å²) in [5.41, 5.74) is 3.40. The summed E-state index contributed by atoms with van der Waals surface area (Å²) < 4.78 is 7.20. The summed E-state index contributed by atoms with van der Waals surface area (Å²) in [5.74, 6) is -0.441. The Morgan fingerprint density at radius 1 is 1.06 bits per heavy atom. The standard InChI is InChI=1S/C24H27N5O3/c1-27(24(31)20-5-3-19(4-6-20)17-29-12-2-11-25-29)18-23(30)26-21-7-9-22(10-8-21)28-13-15-32-16-14-28/h2-12H,13-18H2,1H3,(H,26,30). The van der Waals surface area contributed by atoms with Gasteiger partial charge in [0.05, 0.1) is 26.3 Å². The second kappa shape index (κ2) is 10.1. The number of nitrogens with zero attached hydrogens (tertiary/aromatic N) is 4. The van der Waals surface area contributed by atoms with Crippen LogP contribution in [0.15, 0.2) is 67.0 Å². The highest BCUT2D eigenvalue weighted by Crippen LogP contribution is 2.19. The van der Waals surface area contributed by atoms with Crippen LogP contribution in [-0.4, -0.2) is 66.4 Å². The number of aromatic nitrogens is 2. The van der Waals surface area contributed by atoms with Crippen molar-refractivity contribution in [2.75, 3.05) is 50.1 Å². The van der Waals surface area contributed by atoms with Crippen molar-refractivity contribution in [1.29, 1.82) is 0 Å². The maximum atomic E-state index is 12.7. The quantitative estimate of drug-likeness (QED) is 0.619. The van der Waals surface area contributed by atoms with Crippen LogP contribution < -0.4 is 10.2 Å². The van der Waals surface area contributed by atoms with Crippen molar-refractivity contribution < 1.29 is 14.3 Å². The Morgan fingerprint density at radius 3 is 2.44 bits per heavy atom. The van der Waals surface area contributed by atoms with Gasteiger partial charge < -0.3 is 19.9 Å². The van der Waals surface area contributed by atoms with Crippen LogP contribution in [0.1, 0.15) is 15.9 Å². The second-order valence-corrected chi connectivity index (χ2v) is 7.76. The number of benzene rings is 2. The number of rotatable bonds is 7. The average molecular weight is 434 g/mol. The van der Waals surface area contributed by atoms with E-state index in [2.05, 4.69) is 15.3 Å². The molecule has 3 aromatic rings. The lowest BCUT2D eigenvalue weighted by Crippen LogP contribution is -2.36. The Labute approximate surface area is 187 Å². The molecule has 1 aliphatic rings. The predicted octanol–water partition coefficient (Wildman–Crippen LogP) is 2.48. The van der Waals surface area contributed by atoms with Crippen LogP contribution in [0.25, 0.3) is 0 Å². The number of anilines is 2. The number of nitrogens with one attached hydrogen (secondary N) is 1. The van der Waals surface area contributed by atoms with Gasteiger partial charge in [0.25, 0.3) is 5.91 Å². The molecule has 1 aliphatic heterocycles. The molecular weight excluding hydrogens is 406 g/mol. The summed E-state index contributed by atoms with van der Waals surface area (Å²) in [6, 6.07) is 17.0. The fourth-order valence-corrected chi connectivity index (χ4v) is 3.62. The normalized spacial score (nSPS) is 13.6. The lowest BCUT2D eigenvalue weighted by molar-refractivity contribution is -0.116. The number of morpholine rings is 1. The van der Waals surface area contributed by atoms with Crippen molar-refractivity contribution in [2.45, 2.75) is 6.54 Å². The molecule has 1 saturated heterocycles. The highest BCUT2D eigenvalue weighted by atomic mass is 16.5. The Morgan fingerprint density at radius 2 is 1.78 bits per heavy atom. The largest absolute Gasteiger partial charge is 0.378 e. The average Bonchev–Trinajstić information content (AvgIpc) is 3.33. The van der Waals surface area contributed by atoms with E-state index < -0.39 is 0 Å². The summed E-state index contributed by atoms with van der Waals surface area (Å²) in [6.45, 7) is 3.80. The maximum absolute atomic E-state index is 12.7. The van der Waals surface area contributed by atoms with Crippen LogP contribution >= 0.6 is 0 Å². The first kappa shape index (κ1) is 21.6. The third-order valence-corrected chi connectivity index (χ3v) is 5.36. The molecule has 0 radical (unpaired) electrons. The number of carbonyl (C=O) groups is 2. The summed E-state index contributed by atoms with van der Waals surface area (Å²) in [4.78, 5) is 28.8. The molecule has 0 aliphatic carbocycles. The van der Waals surface area contributed by atoms with Crippen molar-refractivity contribution in [3.63, 3.8) is 0 Å². The number of likely N-dealkylation sites (N-methyl/N-ethyl adjacent to an activating group) is 1. The van der Waals surface area contributed by atoms with Gasteiger partial charge in [0.15, 0.2) is 0 Å². The van der Waals surface area contributed by atoms with E-state index in [4.69, 9.17) is 4.74 Å². The molecule has 1 N–H and O–H groups in total. The van der Waals surface area contributed by atoms with E-state index in [1.807, 2.05) is 53.3 Å². The molecule has 1 fully saturated rings. The van der Waals surface area contributed by atoms with E-state index in [0.717, 1.165) is 37.6 Å². The Balaban J connectivity index is 1.28. The van der Waals surface area contributed by atoms with E-state index in [-0.39, 0.29) is 18.4 Å². The highest BCUT2D eigenvalue weighted by molar-refractivity contribution is 5.99. The monoisotopic (exact) mass is 433 g/mol. The number of ether oxygens (including phenoxy) is 1. The highest BCUT2D eigenvalue weighted by Gasteiger charge is 2.16. The molecule has 2 heterocycles. The third kappa shape index (κ3) is 5.53. The number of carbonyl (C=O) groups excluding carboxylic acids is 2. The second-order valence-electron chi connectivity index (χ2n) is 7.76. The fourth-order valence-electron chi connectivity index (χ4n) is 3.62. The van der Waals surface area contributed by atoms with Gasteiger partial charge in [0.1, 0.15) is 0 Å². The molecule has 2 aromatic carbocycles. The Kier molecular flexibility index (Phi) is 6.81. The molecule has 2 amide bonds. The van der Waals surface area contributed by atoms with E-state index in [1.54, 1.807) is 25.4 Å². The number of amides is 2. The molecule has 166 valence electrons. The van der Waals surface area contributed by atoms with Gasteiger partial charge in [-0.05, 0) is 48.0 Å². The van der Waals surface area contributed by atoms with E-state index in [0.29, 0.717) is 17.8 Å². The molecule has 0 atom stereocenters. The van der Waals surface area contributed by atoms with Gasteiger partial charge in [0, 0.05) is 49.5 Å². The molecule has 8 nitrogen and oxygen atoms in total. The zero-order chi connectivity index (χ0) is 22.3. The predicted molar refractivity (Wildman–Crippen MR) is 123 cm³/mol. The third-order valence-electron chi connectivity index (χ3n) is 5.36. The van der Waals surface area contributed by atoms with Gasteiger partial charge >= 0.3 is 0 Å². The van der Waals surface area contributed by atoms with Gasteiger partial charge in [0.2, 0.25) is 5.91 Å². The smallest absolute Gasteiger partial charge is 0.254 e. The Bertz CT molecular complexity index is 1030. The van der Waals surface area contributed by atoms with Crippen LogP contribution in [-0.2, 0) is 16.1 Å². The molecule has 8 heteroatoms. The summed E-state index contributed by atoms with van der Waals surface area (Å²) in [7, 11) is 1.63. The van der Waals surface area contributed by atoms with Crippen LogP contribution in [0, 0.1) is 0 Å². The molecule has 4 rings (SSSR count). The van der Waals surface area contributed by atoms with Crippen LogP contribution in [0.2, 0.25) is 0 Å². The van der Waals surface area contributed by atoms with Gasteiger partial charge in [-0.15, -0.1) is 0 Å². The van der Waals surface area contributed by atoms with Crippen LogP contribution in [0.3, 0.4) is 0 Å². The van der Waals surface area contributed by atoms with Crippen molar-refractivity contribution in [3.8, 4) is 0 Å². The van der Waals surface area contributed by atoms with Crippen molar-refractivity contribution in [3.05, 3.63) is 78.1 Å². The zero-order valence-corrected chi connectivity index (χ0v) is 18.1. The SMILES string of the molecule is CN(CC(=O)Nc1ccc(N2CCOCC2)cc1)C(=O)c1ccc(Cn2cccn2)cc1. The number of hydrogen-bond acceptors (Lipinski definition) is 5. The lowest BCUT2D eigenvalue weighted by atomic mass is 10.1. The van der Waals surface area contributed by atoms with Crippen molar-refractivity contribution in [1.82, 2.24) is 14.7 Å². The molecule has 0 unspecified atom stereocenters. The topological polar surface area (TPSA) is 79.7 Å². The van der Waals surface area contributed by atoms with Gasteiger partial charge in [-0.2, -0.15) is 5.10 Å². The van der Waals surface area contributed by atoms with Gasteiger partial charge in [-0.25, -0.2) is 0 Å². The van der Waals surface area contributed by atoms with Crippen molar-refractivity contribution in [2.24, 2.45) is 0 Å². The van der Waals surface area contributed by atoms with E-state index in [1.165, 1.54) is 4.90 Å². The fraction of sp³-hybridized carbons (Fsp3) is 0.292. The molecule has 0 bridgehead atoms. The van der Waals surface area contributed by atoms with Crippen LogP contribution in [0.4, 0.5) is 11.4 Å². The van der Waals surface area contributed by atoms with Crippen molar-refractivity contribution >= 4 is 23.2 Å². The molecule has 0 spiro atoms. The van der Waals surface area contributed by atoms with Gasteiger partial charge in [-0.3, -0.25) is 14.3 Å². The minimum absolute atomic E-state index is 0.0287. The molecular formula is C24H27N5O3. The van der Waals surface area contributed by atoms with Gasteiger partial charge in [-0.1, -0.05) is 12.1 Å². The molecule has 32 heavy (non-hydrogen) atoms.